The molecule has 2 heterocycles. The van der Waals surface area contributed by atoms with Crippen LogP contribution in [0.2, 0.25) is 0 Å². The van der Waals surface area contributed by atoms with Gasteiger partial charge in [-0.3, -0.25) is 0 Å². The fourth-order valence-electron chi connectivity index (χ4n) is 1.80. The Morgan fingerprint density at radius 1 is 1.21 bits per heavy atom. The maximum Gasteiger partial charge on any atom is 0.193 e. The van der Waals surface area contributed by atoms with Gasteiger partial charge in [0.1, 0.15) is 16.7 Å². The minimum Gasteiger partial charge on any atom is -0.373 e. The Labute approximate surface area is 116 Å². The molecule has 0 unspecified atom stereocenters. The molecule has 1 N–H and O–H groups in total. The zero-order valence-electron chi connectivity index (χ0n) is 10.9. The molecule has 1 aliphatic carbocycles. The van der Waals surface area contributed by atoms with E-state index in [9.17, 15) is 0 Å². The maximum absolute atomic E-state index is 4.67. The Balaban J connectivity index is 1.97. The van der Waals surface area contributed by atoms with Gasteiger partial charge in [0.25, 0.3) is 0 Å². The highest BCUT2D eigenvalue weighted by Gasteiger charge is 2.28. The third-order valence-corrected chi connectivity index (χ3v) is 4.01. The third kappa shape index (κ3) is 2.68. The molecule has 5 nitrogen and oxygen atoms in total. The van der Waals surface area contributed by atoms with Gasteiger partial charge in [-0.1, -0.05) is 0 Å². The summed E-state index contributed by atoms with van der Waals surface area (Å²) < 4.78 is 0. The summed E-state index contributed by atoms with van der Waals surface area (Å²) in [6, 6.07) is 1.81. The van der Waals surface area contributed by atoms with Gasteiger partial charge < -0.3 is 5.32 Å². The van der Waals surface area contributed by atoms with Gasteiger partial charge in [-0.2, -0.15) is 0 Å². The minimum absolute atomic E-state index is 0.531. The van der Waals surface area contributed by atoms with Crippen LogP contribution in [-0.4, -0.2) is 27.0 Å². The Morgan fingerprint density at radius 3 is 2.58 bits per heavy atom. The largest absolute Gasteiger partial charge is 0.373 e. The molecule has 0 atom stereocenters. The normalized spacial score (nSPS) is 14.4. The van der Waals surface area contributed by atoms with Crippen molar-refractivity contribution in [2.45, 2.75) is 35.9 Å². The lowest BCUT2D eigenvalue weighted by atomic mass is 10.3. The van der Waals surface area contributed by atoms with E-state index in [4.69, 9.17) is 0 Å². The SMILES string of the molecule is CNc1nc(C2CC2)nc(Sc2ncccn2)c1C. The average molecular weight is 273 g/mol. The Bertz CT molecular complexity index is 583. The zero-order valence-corrected chi connectivity index (χ0v) is 11.7. The van der Waals surface area contributed by atoms with Crippen LogP contribution < -0.4 is 5.32 Å². The number of anilines is 1. The van der Waals surface area contributed by atoms with E-state index in [2.05, 4.69) is 25.3 Å². The maximum atomic E-state index is 4.67. The first-order valence-corrected chi connectivity index (χ1v) is 7.10. The molecule has 1 aliphatic rings. The van der Waals surface area contributed by atoms with Crippen LogP contribution in [0, 0.1) is 6.92 Å². The van der Waals surface area contributed by atoms with E-state index in [-0.39, 0.29) is 0 Å². The van der Waals surface area contributed by atoms with Crippen molar-refractivity contribution in [3.8, 4) is 0 Å². The summed E-state index contributed by atoms with van der Waals surface area (Å²) in [6.45, 7) is 2.02. The molecule has 2 aromatic rings. The van der Waals surface area contributed by atoms with Crippen LogP contribution in [0.15, 0.2) is 28.6 Å². The molecular weight excluding hydrogens is 258 g/mol. The van der Waals surface area contributed by atoms with Crippen molar-refractivity contribution < 1.29 is 0 Å². The monoisotopic (exact) mass is 273 g/mol. The molecule has 3 rings (SSSR count). The molecule has 0 aromatic carbocycles. The molecule has 98 valence electrons. The van der Waals surface area contributed by atoms with Gasteiger partial charge in [0, 0.05) is 30.9 Å². The summed E-state index contributed by atoms with van der Waals surface area (Å²) in [7, 11) is 1.89. The molecule has 1 saturated carbocycles. The van der Waals surface area contributed by atoms with Crippen molar-refractivity contribution in [3.05, 3.63) is 29.8 Å². The highest BCUT2D eigenvalue weighted by molar-refractivity contribution is 7.99. The van der Waals surface area contributed by atoms with Crippen molar-refractivity contribution in [2.24, 2.45) is 0 Å². The summed E-state index contributed by atoms with van der Waals surface area (Å²) in [5.74, 6) is 2.37. The number of nitrogens with one attached hydrogen (secondary N) is 1. The van der Waals surface area contributed by atoms with Gasteiger partial charge >= 0.3 is 0 Å². The fourth-order valence-corrected chi connectivity index (χ4v) is 2.59. The molecule has 0 radical (unpaired) electrons. The van der Waals surface area contributed by atoms with Crippen molar-refractivity contribution in [1.82, 2.24) is 19.9 Å². The minimum atomic E-state index is 0.531. The second-order valence-corrected chi connectivity index (χ2v) is 5.47. The first-order chi connectivity index (χ1) is 9.28. The first kappa shape index (κ1) is 12.3. The van der Waals surface area contributed by atoms with Gasteiger partial charge in [-0.25, -0.2) is 19.9 Å². The molecule has 0 aliphatic heterocycles. The molecular formula is C13H15N5S. The van der Waals surface area contributed by atoms with Gasteiger partial charge in [-0.05, 0) is 37.6 Å². The second kappa shape index (κ2) is 5.13. The molecule has 0 spiro atoms. The topological polar surface area (TPSA) is 63.6 Å². The predicted molar refractivity (Wildman–Crippen MR) is 74.4 cm³/mol. The van der Waals surface area contributed by atoms with Crippen molar-refractivity contribution >= 4 is 17.6 Å². The molecule has 0 saturated heterocycles. The zero-order chi connectivity index (χ0) is 13.2. The van der Waals surface area contributed by atoms with E-state index < -0.39 is 0 Å². The number of rotatable bonds is 4. The van der Waals surface area contributed by atoms with Crippen LogP contribution in [0.5, 0.6) is 0 Å². The van der Waals surface area contributed by atoms with E-state index in [1.807, 2.05) is 20.0 Å². The third-order valence-electron chi connectivity index (χ3n) is 3.03. The molecule has 0 bridgehead atoms. The lowest BCUT2D eigenvalue weighted by Gasteiger charge is -2.10. The average Bonchev–Trinajstić information content (AvgIpc) is 3.27. The molecule has 1 fully saturated rings. The quantitative estimate of drug-likeness (QED) is 0.682. The van der Waals surface area contributed by atoms with Gasteiger partial charge in [0.05, 0.1) is 0 Å². The predicted octanol–water partition coefficient (Wildman–Crippen LogP) is 2.65. The van der Waals surface area contributed by atoms with Crippen LogP contribution in [0.25, 0.3) is 0 Å². The summed E-state index contributed by atoms with van der Waals surface area (Å²) in [6.07, 6.45) is 5.87. The summed E-state index contributed by atoms with van der Waals surface area (Å²) in [5, 5.41) is 4.79. The fraction of sp³-hybridized carbons (Fsp3) is 0.385. The molecule has 6 heteroatoms. The highest BCUT2D eigenvalue weighted by atomic mass is 32.2. The van der Waals surface area contributed by atoms with E-state index in [0.717, 1.165) is 22.2 Å². The van der Waals surface area contributed by atoms with E-state index in [1.165, 1.54) is 24.6 Å². The van der Waals surface area contributed by atoms with E-state index in [0.29, 0.717) is 11.1 Å². The van der Waals surface area contributed by atoms with E-state index in [1.54, 1.807) is 12.4 Å². The Hall–Kier alpha value is -1.69. The van der Waals surface area contributed by atoms with Crippen molar-refractivity contribution in [1.29, 1.82) is 0 Å². The Kier molecular flexibility index (Phi) is 3.33. The van der Waals surface area contributed by atoms with E-state index >= 15 is 0 Å². The summed E-state index contributed by atoms with van der Waals surface area (Å²) in [5.41, 5.74) is 1.05. The van der Waals surface area contributed by atoms with Crippen LogP contribution in [-0.2, 0) is 0 Å². The van der Waals surface area contributed by atoms with Gasteiger partial charge in [0.2, 0.25) is 0 Å². The molecule has 0 amide bonds. The number of hydrogen-bond acceptors (Lipinski definition) is 6. The lowest BCUT2D eigenvalue weighted by Crippen LogP contribution is -2.04. The molecule has 2 aromatic heterocycles. The summed E-state index contributed by atoms with van der Waals surface area (Å²) in [4.78, 5) is 17.7. The smallest absolute Gasteiger partial charge is 0.193 e. The second-order valence-electron chi connectivity index (χ2n) is 4.52. The van der Waals surface area contributed by atoms with Crippen molar-refractivity contribution in [3.63, 3.8) is 0 Å². The van der Waals surface area contributed by atoms with Crippen LogP contribution in [0.1, 0.15) is 30.1 Å². The Morgan fingerprint density at radius 2 is 1.95 bits per heavy atom. The number of aromatic nitrogens is 4. The number of nitrogens with zero attached hydrogens (tertiary/aromatic N) is 4. The highest BCUT2D eigenvalue weighted by Crippen LogP contribution is 2.40. The molecule has 19 heavy (non-hydrogen) atoms. The standard InChI is InChI=1S/C13H15N5S/c1-8-10(14-2)17-11(9-4-5-9)18-12(8)19-13-15-6-3-7-16-13/h3,6-7,9H,4-5H2,1-2H3,(H,14,17,18). The van der Waals surface area contributed by atoms with Crippen LogP contribution in [0.4, 0.5) is 5.82 Å². The van der Waals surface area contributed by atoms with Crippen molar-refractivity contribution in [2.75, 3.05) is 12.4 Å². The van der Waals surface area contributed by atoms with Crippen LogP contribution in [0.3, 0.4) is 0 Å². The first-order valence-electron chi connectivity index (χ1n) is 6.29. The number of hydrogen-bond donors (Lipinski definition) is 1. The lowest BCUT2D eigenvalue weighted by molar-refractivity contribution is 0.860. The summed E-state index contributed by atoms with van der Waals surface area (Å²) >= 11 is 1.49. The van der Waals surface area contributed by atoms with Gasteiger partial charge in [0.15, 0.2) is 5.16 Å². The van der Waals surface area contributed by atoms with Gasteiger partial charge in [-0.15, -0.1) is 0 Å². The van der Waals surface area contributed by atoms with Crippen LogP contribution >= 0.6 is 11.8 Å².